The molecule has 80 valence electrons. The maximum absolute atomic E-state index is 13.5. The molecule has 0 aliphatic heterocycles. The lowest BCUT2D eigenvalue weighted by atomic mass is 10.0. The summed E-state index contributed by atoms with van der Waals surface area (Å²) in [6.45, 7) is 1.72. The van der Waals surface area contributed by atoms with Crippen molar-refractivity contribution in [2.24, 2.45) is 5.84 Å². The van der Waals surface area contributed by atoms with Crippen molar-refractivity contribution in [3.8, 4) is 11.8 Å². The fraction of sp³-hybridized carbons (Fsp3) is 0.273. The number of hydrogen-bond donors (Lipinski definition) is 2. The summed E-state index contributed by atoms with van der Waals surface area (Å²) < 4.78 is 13.5. The van der Waals surface area contributed by atoms with Crippen LogP contribution in [-0.4, -0.2) is 0 Å². The second kappa shape index (κ2) is 5.72. The molecule has 1 aromatic carbocycles. The van der Waals surface area contributed by atoms with E-state index in [-0.39, 0.29) is 11.9 Å². The summed E-state index contributed by atoms with van der Waals surface area (Å²) in [5.74, 6) is 10.5. The Balaban J connectivity index is 3.03. The summed E-state index contributed by atoms with van der Waals surface area (Å²) in [6, 6.07) is 4.15. The van der Waals surface area contributed by atoms with Gasteiger partial charge in [-0.3, -0.25) is 11.3 Å². The number of benzene rings is 1. The van der Waals surface area contributed by atoms with E-state index < -0.39 is 0 Å². The Hall–Kier alpha value is -1.08. The molecule has 0 saturated heterocycles. The highest BCUT2D eigenvalue weighted by Gasteiger charge is 2.16. The van der Waals surface area contributed by atoms with Crippen molar-refractivity contribution in [2.45, 2.75) is 19.4 Å². The molecule has 0 aliphatic rings. The van der Waals surface area contributed by atoms with Crippen molar-refractivity contribution < 1.29 is 4.39 Å². The Labute approximate surface area is 93.6 Å². The summed E-state index contributed by atoms with van der Waals surface area (Å²) in [4.78, 5) is 0. The molecule has 3 N–H and O–H groups in total. The zero-order chi connectivity index (χ0) is 11.3. The topological polar surface area (TPSA) is 38.0 Å². The van der Waals surface area contributed by atoms with Crippen LogP contribution in [0.4, 0.5) is 4.39 Å². The van der Waals surface area contributed by atoms with E-state index in [0.29, 0.717) is 17.0 Å². The first-order valence-electron chi connectivity index (χ1n) is 4.50. The molecule has 0 fully saturated rings. The summed E-state index contributed by atoms with van der Waals surface area (Å²) in [7, 11) is 0. The minimum atomic E-state index is -0.383. The minimum Gasteiger partial charge on any atom is -0.271 e. The van der Waals surface area contributed by atoms with Gasteiger partial charge in [0.25, 0.3) is 0 Å². The third kappa shape index (κ3) is 2.93. The molecule has 15 heavy (non-hydrogen) atoms. The normalized spacial score (nSPS) is 11.7. The number of rotatable bonds is 3. The zero-order valence-corrected chi connectivity index (χ0v) is 9.11. The van der Waals surface area contributed by atoms with Crippen LogP contribution in [0.3, 0.4) is 0 Å². The Morgan fingerprint density at radius 3 is 2.87 bits per heavy atom. The van der Waals surface area contributed by atoms with E-state index >= 15 is 0 Å². The molecule has 0 radical (unpaired) electrons. The van der Waals surface area contributed by atoms with Crippen molar-refractivity contribution in [1.29, 1.82) is 0 Å². The van der Waals surface area contributed by atoms with E-state index in [4.69, 9.17) is 17.4 Å². The van der Waals surface area contributed by atoms with Crippen molar-refractivity contribution in [1.82, 2.24) is 5.43 Å². The highest BCUT2D eigenvalue weighted by Crippen LogP contribution is 2.27. The molecule has 1 aromatic rings. The van der Waals surface area contributed by atoms with Gasteiger partial charge in [0.05, 0.1) is 6.04 Å². The zero-order valence-electron chi connectivity index (χ0n) is 8.35. The molecule has 0 bridgehead atoms. The molecule has 1 unspecified atom stereocenters. The average Bonchev–Trinajstić information content (AvgIpc) is 2.22. The van der Waals surface area contributed by atoms with Gasteiger partial charge in [-0.2, -0.15) is 0 Å². The molecular formula is C11H12ClFN2. The second-order valence-electron chi connectivity index (χ2n) is 2.99. The first-order chi connectivity index (χ1) is 7.20. The monoisotopic (exact) mass is 226 g/mol. The second-order valence-corrected chi connectivity index (χ2v) is 3.39. The Bertz CT molecular complexity index is 375. The standard InChI is InChI=1S/C11H12ClFN2/c1-2-3-7-10(15-14)11-8(12)5-4-6-9(11)13/h4-6,10,15H,7,14H2,1H3. The number of hydrazine groups is 1. The lowest BCUT2D eigenvalue weighted by molar-refractivity contribution is 0.521. The predicted octanol–water partition coefficient (Wildman–Crippen LogP) is 2.40. The van der Waals surface area contributed by atoms with Crippen molar-refractivity contribution in [3.05, 3.63) is 34.6 Å². The number of nitrogens with one attached hydrogen (secondary N) is 1. The molecule has 0 saturated carbocycles. The van der Waals surface area contributed by atoms with Crippen LogP contribution in [0.2, 0.25) is 5.02 Å². The van der Waals surface area contributed by atoms with Gasteiger partial charge in [0.15, 0.2) is 0 Å². The van der Waals surface area contributed by atoms with Gasteiger partial charge in [0.1, 0.15) is 5.82 Å². The predicted molar refractivity (Wildman–Crippen MR) is 59.5 cm³/mol. The van der Waals surface area contributed by atoms with E-state index in [2.05, 4.69) is 17.3 Å². The van der Waals surface area contributed by atoms with E-state index in [1.807, 2.05) is 0 Å². The molecule has 0 amide bonds. The number of hydrogen-bond acceptors (Lipinski definition) is 2. The highest BCUT2D eigenvalue weighted by molar-refractivity contribution is 6.31. The quantitative estimate of drug-likeness (QED) is 0.472. The van der Waals surface area contributed by atoms with Gasteiger partial charge in [-0.15, -0.1) is 11.8 Å². The largest absolute Gasteiger partial charge is 0.271 e. The molecule has 1 rings (SSSR count). The maximum atomic E-state index is 13.5. The van der Waals surface area contributed by atoms with Crippen molar-refractivity contribution >= 4 is 11.6 Å². The smallest absolute Gasteiger partial charge is 0.129 e. The first-order valence-corrected chi connectivity index (χ1v) is 4.88. The lowest BCUT2D eigenvalue weighted by Gasteiger charge is -2.15. The van der Waals surface area contributed by atoms with Crippen LogP contribution in [0.1, 0.15) is 24.9 Å². The van der Waals surface area contributed by atoms with E-state index in [0.717, 1.165) is 0 Å². The van der Waals surface area contributed by atoms with Gasteiger partial charge in [0, 0.05) is 17.0 Å². The number of halogens is 2. The van der Waals surface area contributed by atoms with Gasteiger partial charge in [-0.25, -0.2) is 4.39 Å². The van der Waals surface area contributed by atoms with E-state index in [9.17, 15) is 4.39 Å². The van der Waals surface area contributed by atoms with E-state index in [1.165, 1.54) is 6.07 Å². The molecule has 0 aliphatic carbocycles. The van der Waals surface area contributed by atoms with Crippen molar-refractivity contribution in [2.75, 3.05) is 0 Å². The van der Waals surface area contributed by atoms with Crippen LogP contribution in [0, 0.1) is 17.7 Å². The summed E-state index contributed by atoms with van der Waals surface area (Å²) in [6.07, 6.45) is 0.424. The summed E-state index contributed by atoms with van der Waals surface area (Å²) in [5, 5.41) is 0.357. The van der Waals surface area contributed by atoms with Crippen LogP contribution < -0.4 is 11.3 Å². The maximum Gasteiger partial charge on any atom is 0.129 e. The van der Waals surface area contributed by atoms with Crippen molar-refractivity contribution in [3.63, 3.8) is 0 Å². The first kappa shape index (κ1) is 12.0. The molecule has 4 heteroatoms. The Kier molecular flexibility index (Phi) is 4.57. The van der Waals surface area contributed by atoms with Gasteiger partial charge in [0.2, 0.25) is 0 Å². The fourth-order valence-corrected chi connectivity index (χ4v) is 1.59. The Morgan fingerprint density at radius 2 is 2.33 bits per heavy atom. The highest BCUT2D eigenvalue weighted by atomic mass is 35.5. The average molecular weight is 227 g/mol. The lowest BCUT2D eigenvalue weighted by Crippen LogP contribution is -2.28. The van der Waals surface area contributed by atoms with Gasteiger partial charge in [-0.05, 0) is 19.1 Å². The molecule has 0 aromatic heterocycles. The molecule has 0 spiro atoms. The molecule has 2 nitrogen and oxygen atoms in total. The fourth-order valence-electron chi connectivity index (χ4n) is 1.29. The number of nitrogens with two attached hydrogens (primary N) is 1. The summed E-state index contributed by atoms with van der Waals surface area (Å²) >= 11 is 5.90. The minimum absolute atomic E-state index is 0.357. The third-order valence-corrected chi connectivity index (χ3v) is 2.36. The van der Waals surface area contributed by atoms with Gasteiger partial charge >= 0.3 is 0 Å². The Morgan fingerprint density at radius 1 is 1.60 bits per heavy atom. The third-order valence-electron chi connectivity index (χ3n) is 2.03. The van der Waals surface area contributed by atoms with Crippen LogP contribution >= 0.6 is 11.6 Å². The van der Waals surface area contributed by atoms with Crippen LogP contribution in [-0.2, 0) is 0 Å². The van der Waals surface area contributed by atoms with Crippen LogP contribution in [0.15, 0.2) is 18.2 Å². The van der Waals surface area contributed by atoms with Gasteiger partial charge in [-0.1, -0.05) is 17.7 Å². The van der Waals surface area contributed by atoms with Crippen LogP contribution in [0.25, 0.3) is 0 Å². The molecular weight excluding hydrogens is 215 g/mol. The van der Waals surface area contributed by atoms with Crippen LogP contribution in [0.5, 0.6) is 0 Å². The molecule has 0 heterocycles. The van der Waals surface area contributed by atoms with E-state index in [1.54, 1.807) is 19.1 Å². The van der Waals surface area contributed by atoms with Gasteiger partial charge < -0.3 is 0 Å². The summed E-state index contributed by atoms with van der Waals surface area (Å²) in [5.41, 5.74) is 2.87. The SMILES string of the molecule is CC#CCC(NN)c1c(F)cccc1Cl. The molecule has 1 atom stereocenters.